The van der Waals surface area contributed by atoms with Crippen LogP contribution in [0.4, 0.5) is 5.69 Å². The molecule has 1 atom stereocenters. The van der Waals surface area contributed by atoms with E-state index >= 15 is 0 Å². The lowest BCUT2D eigenvalue weighted by molar-refractivity contribution is -0.139. The Balaban J connectivity index is 1.46. The Kier molecular flexibility index (Phi) is 3.80. The Morgan fingerprint density at radius 3 is 2.68 bits per heavy atom. The van der Waals surface area contributed by atoms with E-state index in [9.17, 15) is 9.59 Å². The van der Waals surface area contributed by atoms with Crippen LogP contribution in [0.5, 0.6) is 17.2 Å². The number of rotatable bonds is 3. The first-order valence-electron chi connectivity index (χ1n) is 8.08. The maximum atomic E-state index is 12.4. The minimum atomic E-state index is -0.487. The number of nitrogens with zero attached hydrogens (tertiary/aromatic N) is 1. The molecule has 1 saturated heterocycles. The summed E-state index contributed by atoms with van der Waals surface area (Å²) in [6, 6.07) is 12.6. The molecule has 0 unspecified atom stereocenters. The van der Waals surface area contributed by atoms with E-state index in [0.29, 0.717) is 29.5 Å². The summed E-state index contributed by atoms with van der Waals surface area (Å²) in [6.07, 6.45) is 0.138. The van der Waals surface area contributed by atoms with Gasteiger partial charge in [0.15, 0.2) is 11.5 Å². The molecule has 25 heavy (non-hydrogen) atoms. The number of carbonyl (C=O) groups is 2. The molecule has 0 aromatic heterocycles. The van der Waals surface area contributed by atoms with Crippen LogP contribution in [0.2, 0.25) is 0 Å². The van der Waals surface area contributed by atoms with Crippen LogP contribution in [0.1, 0.15) is 12.0 Å². The molecular formula is C19H17NO5. The molecule has 2 aromatic rings. The number of esters is 1. The fraction of sp³-hybridized carbons (Fsp3) is 0.263. The van der Waals surface area contributed by atoms with Crippen LogP contribution in [0.25, 0.3) is 0 Å². The van der Waals surface area contributed by atoms with Crippen LogP contribution in [-0.2, 0) is 9.59 Å². The number of aryl methyl sites for hydroxylation is 1. The normalized spacial score (nSPS) is 18.5. The quantitative estimate of drug-likeness (QED) is 0.635. The van der Waals surface area contributed by atoms with Crippen LogP contribution in [0.3, 0.4) is 0 Å². The topological polar surface area (TPSA) is 65.1 Å². The number of amides is 1. The van der Waals surface area contributed by atoms with Crippen LogP contribution in [0, 0.1) is 12.8 Å². The fourth-order valence-electron chi connectivity index (χ4n) is 2.97. The zero-order valence-electron chi connectivity index (χ0n) is 13.7. The molecule has 0 radical (unpaired) electrons. The Labute approximate surface area is 144 Å². The van der Waals surface area contributed by atoms with Crippen molar-refractivity contribution in [2.75, 3.05) is 18.2 Å². The van der Waals surface area contributed by atoms with Crippen molar-refractivity contribution in [1.29, 1.82) is 0 Å². The predicted molar refractivity (Wildman–Crippen MR) is 89.8 cm³/mol. The van der Waals surface area contributed by atoms with Gasteiger partial charge < -0.3 is 19.1 Å². The minimum absolute atomic E-state index is 0.107. The number of ether oxygens (including phenoxy) is 3. The zero-order chi connectivity index (χ0) is 17.4. The third-order valence-electron chi connectivity index (χ3n) is 4.37. The van der Waals surface area contributed by atoms with Crippen molar-refractivity contribution < 1.29 is 23.8 Å². The Bertz CT molecular complexity index is 830. The molecule has 2 heterocycles. The third-order valence-corrected chi connectivity index (χ3v) is 4.37. The van der Waals surface area contributed by atoms with Gasteiger partial charge in [-0.05, 0) is 31.2 Å². The van der Waals surface area contributed by atoms with Gasteiger partial charge in [0.2, 0.25) is 12.7 Å². The SMILES string of the molecule is Cc1ccc(OC(=O)[C@H]2CC(=O)N(c3ccc4c(c3)OCO4)C2)cc1. The smallest absolute Gasteiger partial charge is 0.316 e. The lowest BCUT2D eigenvalue weighted by atomic mass is 10.1. The minimum Gasteiger partial charge on any atom is -0.454 e. The molecule has 1 fully saturated rings. The van der Waals surface area contributed by atoms with E-state index in [4.69, 9.17) is 14.2 Å². The molecular weight excluding hydrogens is 322 g/mol. The summed E-state index contributed by atoms with van der Waals surface area (Å²) in [6.45, 7) is 2.44. The zero-order valence-corrected chi connectivity index (χ0v) is 13.7. The summed E-state index contributed by atoms with van der Waals surface area (Å²) >= 11 is 0. The number of hydrogen-bond acceptors (Lipinski definition) is 5. The van der Waals surface area contributed by atoms with Gasteiger partial charge in [0.05, 0.1) is 5.92 Å². The maximum absolute atomic E-state index is 12.4. The molecule has 0 N–H and O–H groups in total. The highest BCUT2D eigenvalue weighted by Gasteiger charge is 2.37. The van der Waals surface area contributed by atoms with E-state index in [1.165, 1.54) is 0 Å². The van der Waals surface area contributed by atoms with Crippen molar-refractivity contribution in [1.82, 2.24) is 0 Å². The summed E-state index contributed by atoms with van der Waals surface area (Å²) < 4.78 is 16.0. The second-order valence-corrected chi connectivity index (χ2v) is 6.18. The molecule has 0 bridgehead atoms. The van der Waals surface area contributed by atoms with Crippen LogP contribution in [0.15, 0.2) is 42.5 Å². The van der Waals surface area contributed by atoms with Crippen molar-refractivity contribution in [2.45, 2.75) is 13.3 Å². The maximum Gasteiger partial charge on any atom is 0.316 e. The summed E-state index contributed by atoms with van der Waals surface area (Å²) in [4.78, 5) is 26.3. The first kappa shape index (κ1) is 15.5. The van der Waals surface area contributed by atoms with Gasteiger partial charge in [0.1, 0.15) is 5.75 Å². The van der Waals surface area contributed by atoms with Gasteiger partial charge in [-0.1, -0.05) is 17.7 Å². The van der Waals surface area contributed by atoms with Gasteiger partial charge in [0, 0.05) is 24.7 Å². The van der Waals surface area contributed by atoms with Gasteiger partial charge in [-0.2, -0.15) is 0 Å². The molecule has 0 saturated carbocycles. The van der Waals surface area contributed by atoms with E-state index < -0.39 is 5.92 Å². The van der Waals surface area contributed by atoms with Gasteiger partial charge >= 0.3 is 5.97 Å². The Hall–Kier alpha value is -3.02. The lowest BCUT2D eigenvalue weighted by Gasteiger charge is -2.17. The third kappa shape index (κ3) is 3.03. The molecule has 4 rings (SSSR count). The second-order valence-electron chi connectivity index (χ2n) is 6.18. The van der Waals surface area contributed by atoms with E-state index in [2.05, 4.69) is 0 Å². The van der Waals surface area contributed by atoms with Crippen molar-refractivity contribution >= 4 is 17.6 Å². The lowest BCUT2D eigenvalue weighted by Crippen LogP contribution is -2.27. The first-order valence-corrected chi connectivity index (χ1v) is 8.08. The monoisotopic (exact) mass is 339 g/mol. The molecule has 6 heteroatoms. The number of fused-ring (bicyclic) bond motifs is 1. The van der Waals surface area contributed by atoms with Crippen LogP contribution >= 0.6 is 0 Å². The van der Waals surface area contributed by atoms with E-state index in [0.717, 1.165) is 5.56 Å². The van der Waals surface area contributed by atoms with Crippen molar-refractivity contribution in [2.24, 2.45) is 5.92 Å². The van der Waals surface area contributed by atoms with Gasteiger partial charge in [0.25, 0.3) is 0 Å². The molecule has 0 spiro atoms. The molecule has 2 aliphatic heterocycles. The standard InChI is InChI=1S/C19H17NO5/c1-12-2-5-15(6-3-12)25-19(22)13-8-18(21)20(10-13)14-4-7-16-17(9-14)24-11-23-16/h2-7,9,13H,8,10-11H2,1H3/t13-/m0/s1. The first-order chi connectivity index (χ1) is 12.1. The summed E-state index contributed by atoms with van der Waals surface area (Å²) in [5.74, 6) is 0.774. The van der Waals surface area contributed by atoms with Crippen molar-refractivity contribution in [3.8, 4) is 17.2 Å². The summed E-state index contributed by atoms with van der Waals surface area (Å²) in [7, 11) is 0. The second kappa shape index (κ2) is 6.12. The van der Waals surface area contributed by atoms with Crippen LogP contribution in [-0.4, -0.2) is 25.2 Å². The number of benzene rings is 2. The highest BCUT2D eigenvalue weighted by atomic mass is 16.7. The molecule has 6 nitrogen and oxygen atoms in total. The fourth-order valence-corrected chi connectivity index (χ4v) is 2.97. The predicted octanol–water partition coefficient (Wildman–Crippen LogP) is 2.68. The molecule has 0 aliphatic carbocycles. The highest BCUT2D eigenvalue weighted by molar-refractivity contribution is 6.00. The Morgan fingerprint density at radius 2 is 1.88 bits per heavy atom. The number of anilines is 1. The van der Waals surface area contributed by atoms with Gasteiger partial charge in [-0.15, -0.1) is 0 Å². The van der Waals surface area contributed by atoms with Crippen molar-refractivity contribution in [3.05, 3.63) is 48.0 Å². The summed E-state index contributed by atoms with van der Waals surface area (Å²) in [5.41, 5.74) is 1.78. The van der Waals surface area contributed by atoms with E-state index in [-0.39, 0.29) is 25.1 Å². The number of carbonyl (C=O) groups excluding carboxylic acids is 2. The Morgan fingerprint density at radius 1 is 1.12 bits per heavy atom. The van der Waals surface area contributed by atoms with E-state index in [1.807, 2.05) is 19.1 Å². The molecule has 2 aliphatic rings. The van der Waals surface area contributed by atoms with Crippen molar-refractivity contribution in [3.63, 3.8) is 0 Å². The average molecular weight is 339 g/mol. The molecule has 128 valence electrons. The highest BCUT2D eigenvalue weighted by Crippen LogP contribution is 2.37. The summed E-state index contributed by atoms with van der Waals surface area (Å²) in [5, 5.41) is 0. The molecule has 2 aromatic carbocycles. The van der Waals surface area contributed by atoms with Gasteiger partial charge in [-0.3, -0.25) is 9.59 Å². The average Bonchev–Trinajstić information content (AvgIpc) is 3.22. The number of hydrogen-bond donors (Lipinski definition) is 0. The van der Waals surface area contributed by atoms with E-state index in [1.54, 1.807) is 35.2 Å². The van der Waals surface area contributed by atoms with Crippen LogP contribution < -0.4 is 19.1 Å². The molecule has 1 amide bonds. The van der Waals surface area contributed by atoms with Gasteiger partial charge in [-0.25, -0.2) is 0 Å². The largest absolute Gasteiger partial charge is 0.454 e.